The van der Waals surface area contributed by atoms with Gasteiger partial charge in [-0.05, 0) is 36.6 Å². The minimum absolute atomic E-state index is 0.0279. The molecular formula is C23H30N2O3S. The van der Waals surface area contributed by atoms with Gasteiger partial charge in [0.2, 0.25) is 11.8 Å². The summed E-state index contributed by atoms with van der Waals surface area (Å²) in [6.45, 7) is 4.76. The van der Waals surface area contributed by atoms with Crippen LogP contribution in [0.4, 0.5) is 0 Å². The molecule has 156 valence electrons. The SMILES string of the molecule is CCNC(=O)[C@H](CC)N(Cc1ccc(OC)cc1)C(=O)CSCc1ccccc1. The van der Waals surface area contributed by atoms with Crippen molar-refractivity contribution in [1.82, 2.24) is 10.2 Å². The van der Waals surface area contributed by atoms with Gasteiger partial charge in [0.05, 0.1) is 12.9 Å². The number of ether oxygens (including phenoxy) is 1. The van der Waals surface area contributed by atoms with Crippen LogP contribution in [-0.4, -0.2) is 42.2 Å². The van der Waals surface area contributed by atoms with Crippen molar-refractivity contribution >= 4 is 23.6 Å². The summed E-state index contributed by atoms with van der Waals surface area (Å²) in [7, 11) is 1.62. The second-order valence-electron chi connectivity index (χ2n) is 6.67. The molecule has 0 heterocycles. The number of carbonyl (C=O) groups excluding carboxylic acids is 2. The van der Waals surface area contributed by atoms with Gasteiger partial charge < -0.3 is 15.0 Å². The summed E-state index contributed by atoms with van der Waals surface area (Å²) < 4.78 is 5.21. The molecule has 0 aromatic heterocycles. The fourth-order valence-corrected chi connectivity index (χ4v) is 3.92. The van der Waals surface area contributed by atoms with Crippen LogP contribution in [-0.2, 0) is 21.9 Å². The first-order valence-corrected chi connectivity index (χ1v) is 11.1. The van der Waals surface area contributed by atoms with Crippen LogP contribution in [0.25, 0.3) is 0 Å². The van der Waals surface area contributed by atoms with Gasteiger partial charge in [-0.2, -0.15) is 0 Å². The Bertz CT molecular complexity index is 765. The van der Waals surface area contributed by atoms with E-state index in [9.17, 15) is 9.59 Å². The quantitative estimate of drug-likeness (QED) is 0.606. The molecule has 0 spiro atoms. The zero-order chi connectivity index (χ0) is 21.1. The topological polar surface area (TPSA) is 58.6 Å². The zero-order valence-electron chi connectivity index (χ0n) is 17.4. The van der Waals surface area contributed by atoms with Crippen molar-refractivity contribution in [2.75, 3.05) is 19.4 Å². The van der Waals surface area contributed by atoms with Gasteiger partial charge in [0.15, 0.2) is 0 Å². The van der Waals surface area contributed by atoms with Gasteiger partial charge in [-0.15, -0.1) is 11.8 Å². The lowest BCUT2D eigenvalue weighted by molar-refractivity contribution is -0.139. The minimum atomic E-state index is -0.484. The number of rotatable bonds is 11. The number of amides is 2. The standard InChI is InChI=1S/C23H30N2O3S/c1-4-21(23(27)24-5-2)25(15-18-11-13-20(28-3)14-12-18)22(26)17-29-16-19-9-7-6-8-10-19/h6-14,21H,4-5,15-17H2,1-3H3,(H,24,27)/t21-/m0/s1. The molecule has 5 nitrogen and oxygen atoms in total. The highest BCUT2D eigenvalue weighted by molar-refractivity contribution is 7.99. The Kier molecular flexibility index (Phi) is 9.57. The third kappa shape index (κ3) is 7.13. The molecular weight excluding hydrogens is 384 g/mol. The third-order valence-corrected chi connectivity index (χ3v) is 5.57. The smallest absolute Gasteiger partial charge is 0.242 e. The van der Waals surface area contributed by atoms with Gasteiger partial charge in [-0.1, -0.05) is 49.4 Å². The highest BCUT2D eigenvalue weighted by atomic mass is 32.2. The second kappa shape index (κ2) is 12.2. The van der Waals surface area contributed by atoms with Crippen LogP contribution in [0.15, 0.2) is 54.6 Å². The molecule has 2 rings (SSSR count). The molecule has 0 fully saturated rings. The van der Waals surface area contributed by atoms with Gasteiger partial charge >= 0.3 is 0 Å². The molecule has 2 aromatic carbocycles. The number of nitrogens with zero attached hydrogens (tertiary/aromatic N) is 1. The van der Waals surface area contributed by atoms with Crippen LogP contribution >= 0.6 is 11.8 Å². The van der Waals surface area contributed by atoms with Crippen molar-refractivity contribution in [2.24, 2.45) is 0 Å². The number of benzene rings is 2. The summed E-state index contributed by atoms with van der Waals surface area (Å²) in [6, 6.07) is 17.2. The average molecular weight is 415 g/mol. The number of thioether (sulfide) groups is 1. The molecule has 0 aliphatic heterocycles. The second-order valence-corrected chi connectivity index (χ2v) is 7.65. The van der Waals surface area contributed by atoms with Crippen LogP contribution in [0.3, 0.4) is 0 Å². The Balaban J connectivity index is 2.10. The summed E-state index contributed by atoms with van der Waals surface area (Å²) in [5, 5.41) is 2.86. The molecule has 2 aromatic rings. The van der Waals surface area contributed by atoms with E-state index in [0.717, 1.165) is 17.1 Å². The molecule has 2 amide bonds. The fourth-order valence-electron chi connectivity index (χ4n) is 3.05. The molecule has 0 aliphatic rings. The Labute approximate surface area is 177 Å². The first kappa shape index (κ1) is 22.8. The minimum Gasteiger partial charge on any atom is -0.497 e. The van der Waals surface area contributed by atoms with Crippen LogP contribution in [0.5, 0.6) is 5.75 Å². The first-order chi connectivity index (χ1) is 14.1. The molecule has 0 saturated heterocycles. The van der Waals surface area contributed by atoms with Crippen molar-refractivity contribution < 1.29 is 14.3 Å². The van der Waals surface area contributed by atoms with Crippen molar-refractivity contribution in [2.45, 2.75) is 38.6 Å². The van der Waals surface area contributed by atoms with Crippen LogP contribution < -0.4 is 10.1 Å². The highest BCUT2D eigenvalue weighted by Crippen LogP contribution is 2.19. The average Bonchev–Trinajstić information content (AvgIpc) is 2.75. The van der Waals surface area contributed by atoms with Crippen LogP contribution in [0.1, 0.15) is 31.4 Å². The highest BCUT2D eigenvalue weighted by Gasteiger charge is 2.28. The van der Waals surface area contributed by atoms with Crippen molar-refractivity contribution in [3.63, 3.8) is 0 Å². The normalized spacial score (nSPS) is 11.6. The van der Waals surface area contributed by atoms with Crippen LogP contribution in [0, 0.1) is 0 Å². The summed E-state index contributed by atoms with van der Waals surface area (Å²) in [5.74, 6) is 1.73. The number of methoxy groups -OCH3 is 1. The van der Waals surface area contributed by atoms with E-state index in [1.807, 2.05) is 56.3 Å². The summed E-state index contributed by atoms with van der Waals surface area (Å²) >= 11 is 1.57. The van der Waals surface area contributed by atoms with Crippen LogP contribution in [0.2, 0.25) is 0 Å². The van der Waals surface area contributed by atoms with E-state index in [-0.39, 0.29) is 11.8 Å². The molecule has 29 heavy (non-hydrogen) atoms. The van der Waals surface area contributed by atoms with Crippen molar-refractivity contribution in [3.8, 4) is 5.75 Å². The summed E-state index contributed by atoms with van der Waals surface area (Å²) in [5.41, 5.74) is 2.15. The number of likely N-dealkylation sites (N-methyl/N-ethyl adjacent to an activating group) is 1. The van der Waals surface area contributed by atoms with E-state index in [4.69, 9.17) is 4.74 Å². The Morgan fingerprint density at radius 2 is 1.72 bits per heavy atom. The zero-order valence-corrected chi connectivity index (χ0v) is 18.2. The Hall–Kier alpha value is -2.47. The van der Waals surface area contributed by atoms with E-state index in [2.05, 4.69) is 17.4 Å². The molecule has 0 radical (unpaired) electrons. The van der Waals surface area contributed by atoms with Gasteiger partial charge in [0.1, 0.15) is 11.8 Å². The first-order valence-electron chi connectivity index (χ1n) is 9.90. The molecule has 0 unspecified atom stereocenters. The summed E-state index contributed by atoms with van der Waals surface area (Å²) in [6.07, 6.45) is 0.567. The summed E-state index contributed by atoms with van der Waals surface area (Å²) in [4.78, 5) is 27.3. The van der Waals surface area contributed by atoms with Crippen molar-refractivity contribution in [3.05, 3.63) is 65.7 Å². The van der Waals surface area contributed by atoms with Gasteiger partial charge in [-0.3, -0.25) is 9.59 Å². The van der Waals surface area contributed by atoms with Gasteiger partial charge in [0.25, 0.3) is 0 Å². The predicted octanol–water partition coefficient (Wildman–Crippen LogP) is 3.87. The number of nitrogens with one attached hydrogen (secondary N) is 1. The number of carbonyl (C=O) groups is 2. The lowest BCUT2D eigenvalue weighted by atomic mass is 10.1. The molecule has 6 heteroatoms. The lowest BCUT2D eigenvalue weighted by Crippen LogP contribution is -2.49. The third-order valence-electron chi connectivity index (χ3n) is 4.59. The largest absolute Gasteiger partial charge is 0.497 e. The van der Waals surface area contributed by atoms with E-state index in [1.165, 1.54) is 5.56 Å². The number of hydrogen-bond donors (Lipinski definition) is 1. The molecule has 0 bridgehead atoms. The van der Waals surface area contributed by atoms with E-state index >= 15 is 0 Å². The fraction of sp³-hybridized carbons (Fsp3) is 0.391. The molecule has 1 atom stereocenters. The molecule has 0 saturated carbocycles. The Morgan fingerprint density at radius 3 is 2.31 bits per heavy atom. The van der Waals surface area contributed by atoms with E-state index in [1.54, 1.807) is 23.8 Å². The van der Waals surface area contributed by atoms with Crippen molar-refractivity contribution in [1.29, 1.82) is 0 Å². The predicted molar refractivity (Wildman–Crippen MR) is 119 cm³/mol. The maximum absolute atomic E-state index is 13.1. The van der Waals surface area contributed by atoms with E-state index in [0.29, 0.717) is 25.3 Å². The Morgan fingerprint density at radius 1 is 1.03 bits per heavy atom. The van der Waals surface area contributed by atoms with E-state index < -0.39 is 6.04 Å². The lowest BCUT2D eigenvalue weighted by Gasteiger charge is -2.30. The monoisotopic (exact) mass is 414 g/mol. The van der Waals surface area contributed by atoms with Gasteiger partial charge in [0, 0.05) is 18.8 Å². The maximum Gasteiger partial charge on any atom is 0.242 e. The van der Waals surface area contributed by atoms with Gasteiger partial charge in [-0.25, -0.2) is 0 Å². The number of hydrogen-bond acceptors (Lipinski definition) is 4. The molecule has 0 aliphatic carbocycles. The maximum atomic E-state index is 13.1. The molecule has 1 N–H and O–H groups in total.